The SMILES string of the molecule is O=[P+](O)SC1CCCCC1. The Kier molecular flexibility index (Phi) is 3.68. The molecule has 0 amide bonds. The molecule has 10 heavy (non-hydrogen) atoms. The Morgan fingerprint density at radius 2 is 1.90 bits per heavy atom. The topological polar surface area (TPSA) is 37.3 Å². The van der Waals surface area contributed by atoms with Crippen LogP contribution >= 0.6 is 18.6 Å². The van der Waals surface area contributed by atoms with Gasteiger partial charge < -0.3 is 0 Å². The van der Waals surface area contributed by atoms with Gasteiger partial charge in [0.25, 0.3) is 0 Å². The lowest BCUT2D eigenvalue weighted by Gasteiger charge is -2.14. The van der Waals surface area contributed by atoms with E-state index in [9.17, 15) is 4.57 Å². The molecule has 1 rings (SSSR count). The van der Waals surface area contributed by atoms with Gasteiger partial charge in [-0.2, -0.15) is 4.89 Å². The summed E-state index contributed by atoms with van der Waals surface area (Å²) in [5.74, 6) is 0. The third kappa shape index (κ3) is 3.00. The minimum Gasteiger partial charge on any atom is -0.151 e. The lowest BCUT2D eigenvalue weighted by Crippen LogP contribution is -2.06. The van der Waals surface area contributed by atoms with Crippen LogP contribution in [0.1, 0.15) is 32.1 Å². The molecule has 1 atom stereocenters. The molecule has 0 saturated heterocycles. The van der Waals surface area contributed by atoms with Gasteiger partial charge >= 0.3 is 7.23 Å². The van der Waals surface area contributed by atoms with Crippen molar-refractivity contribution in [1.29, 1.82) is 0 Å². The summed E-state index contributed by atoms with van der Waals surface area (Å²) < 4.78 is 10.4. The minimum atomic E-state index is -1.96. The molecule has 1 aliphatic carbocycles. The van der Waals surface area contributed by atoms with Gasteiger partial charge in [0.2, 0.25) is 0 Å². The molecule has 0 heterocycles. The van der Waals surface area contributed by atoms with E-state index in [0.29, 0.717) is 5.25 Å². The largest absolute Gasteiger partial charge is 0.583 e. The first-order valence-electron chi connectivity index (χ1n) is 3.62. The highest BCUT2D eigenvalue weighted by molar-refractivity contribution is 8.50. The molecule has 1 fully saturated rings. The van der Waals surface area contributed by atoms with Crippen molar-refractivity contribution in [2.75, 3.05) is 0 Å². The molecule has 1 aliphatic rings. The van der Waals surface area contributed by atoms with Crippen LogP contribution in [0.25, 0.3) is 0 Å². The maximum absolute atomic E-state index is 10.4. The van der Waals surface area contributed by atoms with E-state index in [-0.39, 0.29) is 0 Å². The maximum atomic E-state index is 10.4. The summed E-state index contributed by atoms with van der Waals surface area (Å²) in [5, 5.41) is 0.461. The van der Waals surface area contributed by atoms with Crippen molar-refractivity contribution in [2.45, 2.75) is 37.4 Å². The highest BCUT2D eigenvalue weighted by atomic mass is 32.7. The van der Waals surface area contributed by atoms with Gasteiger partial charge in [0.15, 0.2) is 11.4 Å². The Balaban J connectivity index is 2.19. The predicted molar refractivity (Wildman–Crippen MR) is 44.3 cm³/mol. The van der Waals surface area contributed by atoms with Gasteiger partial charge in [-0.15, -0.1) is 0 Å². The van der Waals surface area contributed by atoms with Crippen molar-refractivity contribution in [1.82, 2.24) is 0 Å². The maximum Gasteiger partial charge on any atom is 0.583 e. The highest BCUT2D eigenvalue weighted by Gasteiger charge is 2.25. The van der Waals surface area contributed by atoms with Gasteiger partial charge in [-0.05, 0) is 17.4 Å². The Morgan fingerprint density at radius 3 is 2.40 bits per heavy atom. The van der Waals surface area contributed by atoms with Crippen LogP contribution in [-0.2, 0) is 4.57 Å². The van der Waals surface area contributed by atoms with Crippen LogP contribution in [0.3, 0.4) is 0 Å². The summed E-state index contributed by atoms with van der Waals surface area (Å²) in [5.41, 5.74) is 0. The van der Waals surface area contributed by atoms with Crippen LogP contribution in [-0.4, -0.2) is 10.1 Å². The van der Waals surface area contributed by atoms with Crippen LogP contribution in [0.5, 0.6) is 0 Å². The smallest absolute Gasteiger partial charge is 0.151 e. The van der Waals surface area contributed by atoms with Crippen LogP contribution in [0, 0.1) is 0 Å². The minimum absolute atomic E-state index is 0.461. The predicted octanol–water partition coefficient (Wildman–Crippen LogP) is 2.70. The quantitative estimate of drug-likeness (QED) is 0.662. The van der Waals surface area contributed by atoms with Crippen LogP contribution in [0.2, 0.25) is 0 Å². The average molecular weight is 179 g/mol. The summed E-state index contributed by atoms with van der Waals surface area (Å²) in [6, 6.07) is 0. The molecule has 0 aromatic rings. The van der Waals surface area contributed by atoms with Crippen molar-refractivity contribution in [3.05, 3.63) is 0 Å². The number of hydrogen-bond donors (Lipinski definition) is 1. The molecule has 1 unspecified atom stereocenters. The van der Waals surface area contributed by atoms with Gasteiger partial charge in [-0.3, -0.25) is 0 Å². The molecule has 4 heteroatoms. The fourth-order valence-corrected chi connectivity index (χ4v) is 3.49. The van der Waals surface area contributed by atoms with Crippen molar-refractivity contribution in [3.63, 3.8) is 0 Å². The van der Waals surface area contributed by atoms with Crippen molar-refractivity contribution >= 4 is 18.6 Å². The fourth-order valence-electron chi connectivity index (χ4n) is 1.30. The van der Waals surface area contributed by atoms with Gasteiger partial charge in [0.05, 0.1) is 5.25 Å². The third-order valence-corrected chi connectivity index (χ3v) is 4.18. The molecule has 0 spiro atoms. The van der Waals surface area contributed by atoms with E-state index in [1.165, 1.54) is 30.6 Å². The van der Waals surface area contributed by atoms with E-state index in [1.54, 1.807) is 0 Å². The first-order valence-corrected chi connectivity index (χ1v) is 6.31. The average Bonchev–Trinajstić information content (AvgIpc) is 1.88. The van der Waals surface area contributed by atoms with Crippen molar-refractivity contribution < 1.29 is 9.46 Å². The second kappa shape index (κ2) is 4.32. The van der Waals surface area contributed by atoms with Crippen LogP contribution in [0.4, 0.5) is 0 Å². The van der Waals surface area contributed by atoms with E-state index < -0.39 is 7.23 Å². The highest BCUT2D eigenvalue weighted by Crippen LogP contribution is 2.42. The van der Waals surface area contributed by atoms with E-state index in [0.717, 1.165) is 12.8 Å². The standard InChI is InChI=1S/C6H11O2PS/c7-9(8)10-6-4-2-1-3-5-6/h6H,1-5H2/p+1. The van der Waals surface area contributed by atoms with Crippen LogP contribution in [0.15, 0.2) is 0 Å². The molecule has 0 bridgehead atoms. The number of rotatable bonds is 2. The summed E-state index contributed by atoms with van der Waals surface area (Å²) in [6.07, 6.45) is 6.04. The summed E-state index contributed by atoms with van der Waals surface area (Å²) in [6.45, 7) is 0. The van der Waals surface area contributed by atoms with E-state index in [2.05, 4.69) is 0 Å². The molecule has 1 N–H and O–H groups in total. The van der Waals surface area contributed by atoms with E-state index >= 15 is 0 Å². The van der Waals surface area contributed by atoms with Crippen molar-refractivity contribution in [3.8, 4) is 0 Å². The molecule has 0 aromatic carbocycles. The van der Waals surface area contributed by atoms with E-state index in [4.69, 9.17) is 4.89 Å². The fraction of sp³-hybridized carbons (Fsp3) is 1.00. The molecule has 1 saturated carbocycles. The Bertz CT molecular complexity index is 123. The molecular formula is C6H12O2PS+. The van der Waals surface area contributed by atoms with Gasteiger partial charge in [-0.1, -0.05) is 19.3 Å². The van der Waals surface area contributed by atoms with Crippen molar-refractivity contribution in [2.24, 2.45) is 0 Å². The number of hydrogen-bond acceptors (Lipinski definition) is 2. The first-order chi connectivity index (χ1) is 4.79. The molecule has 0 aliphatic heterocycles. The second-order valence-electron chi connectivity index (χ2n) is 2.60. The zero-order chi connectivity index (χ0) is 7.40. The summed E-state index contributed by atoms with van der Waals surface area (Å²) in [4.78, 5) is 8.58. The lowest BCUT2D eigenvalue weighted by atomic mass is 10.0. The second-order valence-corrected chi connectivity index (χ2v) is 5.53. The zero-order valence-electron chi connectivity index (χ0n) is 5.82. The Hall–Kier alpha value is 0.410. The Labute approximate surface area is 66.0 Å². The molecule has 58 valence electrons. The van der Waals surface area contributed by atoms with Gasteiger partial charge in [0.1, 0.15) is 0 Å². The lowest BCUT2D eigenvalue weighted by molar-refractivity contribution is 0.508. The normalized spacial score (nSPS) is 22.7. The molecule has 2 nitrogen and oxygen atoms in total. The zero-order valence-corrected chi connectivity index (χ0v) is 7.53. The van der Waals surface area contributed by atoms with Crippen LogP contribution < -0.4 is 0 Å². The molecule has 0 radical (unpaired) electrons. The summed E-state index contributed by atoms with van der Waals surface area (Å²) >= 11 is 1.24. The first kappa shape index (κ1) is 8.51. The van der Waals surface area contributed by atoms with Gasteiger partial charge in [-0.25, -0.2) is 0 Å². The molecular weight excluding hydrogens is 167 g/mol. The Morgan fingerprint density at radius 1 is 1.30 bits per heavy atom. The third-order valence-electron chi connectivity index (χ3n) is 1.79. The van der Waals surface area contributed by atoms with E-state index in [1.807, 2.05) is 0 Å². The van der Waals surface area contributed by atoms with Gasteiger partial charge in [0, 0.05) is 0 Å². The molecule has 0 aromatic heterocycles. The monoisotopic (exact) mass is 179 g/mol. The summed E-state index contributed by atoms with van der Waals surface area (Å²) in [7, 11) is -1.96.